The maximum absolute atomic E-state index is 13.6. The maximum Gasteiger partial charge on any atom is 0.337 e. The summed E-state index contributed by atoms with van der Waals surface area (Å²) < 4.78 is 11.2. The minimum atomic E-state index is -1.02. The topological polar surface area (TPSA) is 119 Å². The Kier molecular flexibility index (Phi) is 7.95. The molecule has 0 aliphatic carbocycles. The lowest BCUT2D eigenvalue weighted by Crippen LogP contribution is -2.29. The number of fused-ring (bicyclic) bond motifs is 1. The number of rotatable bonds is 7. The number of hydrogen-bond donors (Lipinski definition) is 1. The predicted octanol–water partition coefficient (Wildman–Crippen LogP) is 6.22. The first-order chi connectivity index (χ1) is 20.7. The molecule has 3 aromatic carbocycles. The van der Waals surface area contributed by atoms with Gasteiger partial charge >= 0.3 is 11.9 Å². The predicted molar refractivity (Wildman–Crippen MR) is 164 cm³/mol. The van der Waals surface area contributed by atoms with E-state index in [1.807, 2.05) is 31.2 Å². The molecule has 1 aromatic heterocycles. The molecule has 2 aliphatic heterocycles. The van der Waals surface area contributed by atoms with Crippen molar-refractivity contribution in [3.8, 4) is 5.75 Å². The number of carbonyl (C=O) groups excluding carboxylic acids is 3. The monoisotopic (exact) mass is 633 g/mol. The average Bonchev–Trinajstić information content (AvgIpc) is 3.70. The van der Waals surface area contributed by atoms with Gasteiger partial charge in [0.1, 0.15) is 17.6 Å². The lowest BCUT2D eigenvalue weighted by Gasteiger charge is -2.22. The van der Waals surface area contributed by atoms with Crippen LogP contribution in [0.2, 0.25) is 5.02 Å². The molecule has 0 unspecified atom stereocenters. The summed E-state index contributed by atoms with van der Waals surface area (Å²) in [5.74, 6) is -1.30. The summed E-state index contributed by atoms with van der Waals surface area (Å²) in [6, 6.07) is 18.0. The number of ether oxygens (including phenoxy) is 2. The number of hydrogen-bond acceptors (Lipinski definition) is 10. The third-order valence-corrected chi connectivity index (χ3v) is 9.65. The first kappa shape index (κ1) is 28.9. The number of nitrogens with zero attached hydrogens (tertiary/aromatic N) is 3. The lowest BCUT2D eigenvalue weighted by atomic mass is 9.94. The van der Waals surface area contributed by atoms with Crippen molar-refractivity contribution in [1.29, 1.82) is 0 Å². The van der Waals surface area contributed by atoms with E-state index in [9.17, 15) is 19.5 Å². The second kappa shape index (κ2) is 11.8. The van der Waals surface area contributed by atoms with Crippen molar-refractivity contribution in [3.05, 3.63) is 105 Å². The van der Waals surface area contributed by atoms with Crippen LogP contribution >= 0.6 is 34.7 Å². The fourth-order valence-electron chi connectivity index (χ4n) is 5.10. The van der Waals surface area contributed by atoms with Crippen LogP contribution in [-0.2, 0) is 26.5 Å². The van der Waals surface area contributed by atoms with Gasteiger partial charge in [0.25, 0.3) is 5.78 Å². The summed E-state index contributed by atoms with van der Waals surface area (Å²) in [4.78, 5) is 40.5. The Hall–Kier alpha value is -4.19. The van der Waals surface area contributed by atoms with Crippen LogP contribution in [0.3, 0.4) is 0 Å². The smallest absolute Gasteiger partial charge is 0.337 e. The molecule has 0 saturated carbocycles. The van der Waals surface area contributed by atoms with Gasteiger partial charge in [-0.3, -0.25) is 14.5 Å². The zero-order valence-corrected chi connectivity index (χ0v) is 25.3. The van der Waals surface area contributed by atoms with Crippen molar-refractivity contribution in [3.63, 3.8) is 0 Å². The van der Waals surface area contributed by atoms with E-state index in [0.717, 1.165) is 28.2 Å². The highest BCUT2D eigenvalue weighted by Gasteiger charge is 2.48. The number of aliphatic hydroxyl groups is 1. The Morgan fingerprint density at radius 1 is 1.12 bits per heavy atom. The number of halogens is 1. The van der Waals surface area contributed by atoms with Gasteiger partial charge in [-0.1, -0.05) is 65.0 Å². The number of carbonyl (C=O) groups is 3. The number of ketones is 1. The third kappa shape index (κ3) is 5.51. The van der Waals surface area contributed by atoms with Crippen LogP contribution in [0.25, 0.3) is 5.76 Å². The zero-order chi connectivity index (χ0) is 30.2. The highest BCUT2D eigenvalue weighted by Crippen LogP contribution is 2.45. The molecular weight excluding hydrogens is 610 g/mol. The molecule has 1 amide bonds. The van der Waals surface area contributed by atoms with E-state index >= 15 is 0 Å². The molecule has 4 aromatic rings. The number of Topliss-reactive ketones (excluding diaryl/α,β-unsaturated/α-hetero) is 1. The summed E-state index contributed by atoms with van der Waals surface area (Å²) in [5, 5.41) is 20.9. The largest absolute Gasteiger partial charge is 0.507 e. The molecule has 9 nitrogen and oxygen atoms in total. The van der Waals surface area contributed by atoms with Crippen LogP contribution in [0.5, 0.6) is 5.75 Å². The van der Waals surface area contributed by atoms with E-state index in [1.54, 1.807) is 42.5 Å². The van der Waals surface area contributed by atoms with E-state index in [1.165, 1.54) is 23.8 Å². The second-order valence-corrected chi connectivity index (χ2v) is 12.6. The van der Waals surface area contributed by atoms with E-state index in [4.69, 9.17) is 21.1 Å². The second-order valence-electron chi connectivity index (χ2n) is 9.97. The molecule has 1 N–H and O–H groups in total. The van der Waals surface area contributed by atoms with Crippen LogP contribution < -0.4 is 9.64 Å². The molecule has 218 valence electrons. The van der Waals surface area contributed by atoms with Crippen LogP contribution in [0.1, 0.15) is 45.6 Å². The normalized spacial score (nSPS) is 18.9. The number of amides is 1. The van der Waals surface area contributed by atoms with E-state index in [-0.39, 0.29) is 22.6 Å². The number of methoxy groups -OCH3 is 1. The van der Waals surface area contributed by atoms with Crippen molar-refractivity contribution in [2.45, 2.75) is 35.6 Å². The van der Waals surface area contributed by atoms with Gasteiger partial charge in [0.15, 0.2) is 4.34 Å². The molecule has 2 aliphatic rings. The molecule has 12 heteroatoms. The van der Waals surface area contributed by atoms with Crippen molar-refractivity contribution in [2.75, 3.05) is 12.0 Å². The SMILES string of the molecule is COC(=O)c1ccc([C@H]2/C(=C(\O)c3ccc4c(c3)C[C@@H](C)O4)C(=O)C(=O)N2c2nnc(SCc3ccccc3Cl)s2)cc1. The zero-order valence-electron chi connectivity index (χ0n) is 22.9. The van der Waals surface area contributed by atoms with Crippen LogP contribution in [0.15, 0.2) is 76.6 Å². The molecule has 43 heavy (non-hydrogen) atoms. The number of benzene rings is 3. The molecule has 1 saturated heterocycles. The van der Waals surface area contributed by atoms with E-state index < -0.39 is 23.7 Å². The summed E-state index contributed by atoms with van der Waals surface area (Å²) in [5.41, 5.74) is 2.90. The van der Waals surface area contributed by atoms with Crippen molar-refractivity contribution in [2.24, 2.45) is 0 Å². The molecule has 0 radical (unpaired) electrons. The number of esters is 1. The molecule has 3 heterocycles. The molecule has 2 atom stereocenters. The number of aromatic nitrogens is 2. The van der Waals surface area contributed by atoms with Gasteiger partial charge in [-0.05, 0) is 60.0 Å². The summed E-state index contributed by atoms with van der Waals surface area (Å²) >= 11 is 8.85. The Labute approximate surface area is 260 Å². The maximum atomic E-state index is 13.6. The van der Waals surface area contributed by atoms with E-state index in [2.05, 4.69) is 10.2 Å². The first-order valence-electron chi connectivity index (χ1n) is 13.2. The molecular formula is C31H24ClN3O6S2. The van der Waals surface area contributed by atoms with Gasteiger partial charge in [-0.25, -0.2) is 4.79 Å². The molecule has 6 rings (SSSR count). The average molecular weight is 634 g/mol. The fraction of sp³-hybridized carbons (Fsp3) is 0.194. The summed E-state index contributed by atoms with van der Waals surface area (Å²) in [6.07, 6.45) is 0.650. The highest BCUT2D eigenvalue weighted by atomic mass is 35.5. The van der Waals surface area contributed by atoms with Gasteiger partial charge in [0.2, 0.25) is 5.13 Å². The Bertz CT molecular complexity index is 1790. The fourth-order valence-corrected chi connectivity index (χ4v) is 7.26. The summed E-state index contributed by atoms with van der Waals surface area (Å²) in [6.45, 7) is 1.95. The quantitative estimate of drug-likeness (QED) is 0.0632. The van der Waals surface area contributed by atoms with Crippen LogP contribution in [0.4, 0.5) is 5.13 Å². The van der Waals surface area contributed by atoms with Gasteiger partial charge in [-0.15, -0.1) is 10.2 Å². The minimum Gasteiger partial charge on any atom is -0.507 e. The lowest BCUT2D eigenvalue weighted by molar-refractivity contribution is -0.132. The van der Waals surface area contributed by atoms with Crippen molar-refractivity contribution in [1.82, 2.24) is 10.2 Å². The van der Waals surface area contributed by atoms with Gasteiger partial charge in [0, 0.05) is 22.8 Å². The summed E-state index contributed by atoms with van der Waals surface area (Å²) in [7, 11) is 1.28. The number of thioether (sulfide) groups is 1. The van der Waals surface area contributed by atoms with Gasteiger partial charge < -0.3 is 14.6 Å². The van der Waals surface area contributed by atoms with Gasteiger partial charge in [-0.2, -0.15) is 0 Å². The van der Waals surface area contributed by atoms with Crippen LogP contribution in [-0.4, -0.2) is 46.2 Å². The standard InChI is InChI=1S/C31H24ClN3O6S2/c1-16-13-21-14-19(11-12-23(21)41-16)26(36)24-25(17-7-9-18(10-8-17)29(39)40-2)35(28(38)27(24)37)30-33-34-31(43-30)42-15-20-5-3-4-6-22(20)32/h3-12,14,16,25,36H,13,15H2,1-2H3/b26-24+/t16-,25+/m1/s1. The first-order valence-corrected chi connectivity index (χ1v) is 15.4. The Morgan fingerprint density at radius 2 is 1.86 bits per heavy atom. The Morgan fingerprint density at radius 3 is 2.60 bits per heavy atom. The molecule has 0 spiro atoms. The highest BCUT2D eigenvalue weighted by molar-refractivity contribution is 8.00. The Balaban J connectivity index is 1.40. The molecule has 0 bridgehead atoms. The van der Waals surface area contributed by atoms with Gasteiger partial charge in [0.05, 0.1) is 24.3 Å². The van der Waals surface area contributed by atoms with Crippen molar-refractivity contribution < 1.29 is 29.0 Å². The number of anilines is 1. The van der Waals surface area contributed by atoms with E-state index in [0.29, 0.717) is 38.2 Å². The minimum absolute atomic E-state index is 0.00585. The number of aliphatic hydroxyl groups excluding tert-OH is 1. The third-order valence-electron chi connectivity index (χ3n) is 7.17. The van der Waals surface area contributed by atoms with Crippen molar-refractivity contribution >= 4 is 63.3 Å². The van der Waals surface area contributed by atoms with Crippen LogP contribution in [0, 0.1) is 0 Å². The molecule has 1 fully saturated rings.